The summed E-state index contributed by atoms with van der Waals surface area (Å²) in [6.45, 7) is 8.16. The summed E-state index contributed by atoms with van der Waals surface area (Å²) in [4.78, 5) is 0. The third-order valence-electron chi connectivity index (χ3n) is 3.82. The molecule has 90 valence electrons. The van der Waals surface area contributed by atoms with Gasteiger partial charge >= 0.3 is 0 Å². The minimum Gasteiger partial charge on any atom is -0.207 e. The Bertz CT molecular complexity index is 203. The fraction of sp³-hybridized carbons (Fsp3) is 1.00. The molecule has 0 saturated heterocycles. The van der Waals surface area contributed by atoms with E-state index in [0.717, 1.165) is 12.8 Å². The molecule has 0 aromatic carbocycles. The maximum atomic E-state index is 13.7. The van der Waals surface area contributed by atoms with Crippen LogP contribution in [0.5, 0.6) is 0 Å². The van der Waals surface area contributed by atoms with Gasteiger partial charge in [-0.3, -0.25) is 0 Å². The van der Waals surface area contributed by atoms with Gasteiger partial charge in [0.15, 0.2) is 0 Å². The van der Waals surface area contributed by atoms with Crippen LogP contribution in [0.3, 0.4) is 0 Å². The van der Waals surface area contributed by atoms with Crippen LogP contribution >= 0.6 is 0 Å². The van der Waals surface area contributed by atoms with Crippen molar-refractivity contribution in [3.8, 4) is 0 Å². The van der Waals surface area contributed by atoms with Crippen LogP contribution in [0, 0.1) is 17.3 Å². The van der Waals surface area contributed by atoms with E-state index in [9.17, 15) is 8.78 Å². The van der Waals surface area contributed by atoms with Crippen LogP contribution in [-0.4, -0.2) is 5.92 Å². The van der Waals surface area contributed by atoms with E-state index in [1.54, 1.807) is 0 Å². The molecule has 0 heterocycles. The first-order valence-corrected chi connectivity index (χ1v) is 6.15. The van der Waals surface area contributed by atoms with Gasteiger partial charge in [-0.25, -0.2) is 8.78 Å². The molecule has 1 aliphatic carbocycles. The zero-order valence-electron chi connectivity index (χ0n) is 10.4. The van der Waals surface area contributed by atoms with E-state index in [4.69, 9.17) is 0 Å². The van der Waals surface area contributed by atoms with E-state index in [1.807, 2.05) is 13.8 Å². The topological polar surface area (TPSA) is 0 Å². The molecule has 0 aromatic heterocycles. The lowest BCUT2D eigenvalue weighted by Gasteiger charge is -2.26. The monoisotopic (exact) mass is 218 g/mol. The molecule has 0 bridgehead atoms. The predicted molar refractivity (Wildman–Crippen MR) is 60.1 cm³/mol. The van der Waals surface area contributed by atoms with E-state index in [-0.39, 0.29) is 18.3 Å². The second kappa shape index (κ2) is 4.39. The standard InChI is InChI=1S/C13H24F2/c1-10(2)5-6-13(14,15)9-12(7-8-12)11(3)4/h10-11H,5-9H2,1-4H3. The first-order valence-electron chi connectivity index (χ1n) is 6.15. The minimum atomic E-state index is -2.44. The van der Waals surface area contributed by atoms with Crippen LogP contribution in [0.4, 0.5) is 8.78 Å². The lowest BCUT2D eigenvalue weighted by molar-refractivity contribution is -0.0456. The Morgan fingerprint density at radius 2 is 1.67 bits per heavy atom. The smallest absolute Gasteiger partial charge is 0.207 e. The summed E-state index contributed by atoms with van der Waals surface area (Å²) in [5.41, 5.74) is -0.0273. The van der Waals surface area contributed by atoms with Crippen molar-refractivity contribution in [2.75, 3.05) is 0 Å². The third kappa shape index (κ3) is 3.73. The van der Waals surface area contributed by atoms with Crippen LogP contribution < -0.4 is 0 Å². The molecular weight excluding hydrogens is 194 g/mol. The highest BCUT2D eigenvalue weighted by atomic mass is 19.3. The van der Waals surface area contributed by atoms with Crippen molar-refractivity contribution in [1.29, 1.82) is 0 Å². The normalized spacial score (nSPS) is 20.0. The minimum absolute atomic E-state index is 0.0273. The SMILES string of the molecule is CC(C)CCC(F)(F)CC1(C(C)C)CC1. The second-order valence-electron chi connectivity index (χ2n) is 5.98. The molecule has 0 aromatic rings. The number of halogens is 2. The van der Waals surface area contributed by atoms with E-state index in [1.165, 1.54) is 0 Å². The maximum absolute atomic E-state index is 13.7. The Labute approximate surface area is 92.4 Å². The predicted octanol–water partition coefficient (Wildman–Crippen LogP) is 4.88. The van der Waals surface area contributed by atoms with Gasteiger partial charge in [-0.1, -0.05) is 27.7 Å². The molecular formula is C13H24F2. The highest BCUT2D eigenvalue weighted by Crippen LogP contribution is 2.58. The van der Waals surface area contributed by atoms with Gasteiger partial charge in [0, 0.05) is 12.8 Å². The van der Waals surface area contributed by atoms with Crippen molar-refractivity contribution in [3.63, 3.8) is 0 Å². The molecule has 0 atom stereocenters. The molecule has 1 saturated carbocycles. The summed E-state index contributed by atoms with van der Waals surface area (Å²) < 4.78 is 27.4. The zero-order valence-corrected chi connectivity index (χ0v) is 10.4. The van der Waals surface area contributed by atoms with Gasteiger partial charge in [0.25, 0.3) is 0 Å². The highest BCUT2D eigenvalue weighted by molar-refractivity contribution is 4.98. The Morgan fingerprint density at radius 3 is 2.00 bits per heavy atom. The summed E-state index contributed by atoms with van der Waals surface area (Å²) in [6, 6.07) is 0. The van der Waals surface area contributed by atoms with Crippen LogP contribution in [0.2, 0.25) is 0 Å². The Balaban J connectivity index is 2.42. The summed E-state index contributed by atoms with van der Waals surface area (Å²) in [5.74, 6) is -1.65. The Hall–Kier alpha value is -0.140. The fourth-order valence-corrected chi connectivity index (χ4v) is 2.22. The second-order valence-corrected chi connectivity index (χ2v) is 5.98. The molecule has 0 N–H and O–H groups in total. The molecule has 2 heteroatoms. The third-order valence-corrected chi connectivity index (χ3v) is 3.82. The number of rotatable bonds is 6. The van der Waals surface area contributed by atoms with Gasteiger partial charge in [0.1, 0.15) is 0 Å². The molecule has 0 amide bonds. The maximum Gasteiger partial charge on any atom is 0.248 e. The van der Waals surface area contributed by atoms with Crippen molar-refractivity contribution in [2.45, 2.75) is 65.7 Å². The van der Waals surface area contributed by atoms with Crippen molar-refractivity contribution < 1.29 is 8.78 Å². The molecule has 15 heavy (non-hydrogen) atoms. The molecule has 0 unspecified atom stereocenters. The van der Waals surface area contributed by atoms with Crippen LogP contribution in [0.1, 0.15) is 59.8 Å². The highest BCUT2D eigenvalue weighted by Gasteiger charge is 2.51. The number of hydrogen-bond acceptors (Lipinski definition) is 0. The van der Waals surface area contributed by atoms with Gasteiger partial charge in [-0.15, -0.1) is 0 Å². The summed E-state index contributed by atoms with van der Waals surface area (Å²) in [6.07, 6.45) is 2.83. The largest absolute Gasteiger partial charge is 0.248 e. The van der Waals surface area contributed by atoms with E-state index in [2.05, 4.69) is 13.8 Å². The van der Waals surface area contributed by atoms with Gasteiger partial charge < -0.3 is 0 Å². The average molecular weight is 218 g/mol. The van der Waals surface area contributed by atoms with Crippen LogP contribution in [0.25, 0.3) is 0 Å². The summed E-state index contributed by atoms with van der Waals surface area (Å²) in [5, 5.41) is 0. The quantitative estimate of drug-likeness (QED) is 0.595. The lowest BCUT2D eigenvalue weighted by atomic mass is 9.85. The summed E-state index contributed by atoms with van der Waals surface area (Å²) in [7, 11) is 0. The Kier molecular flexibility index (Phi) is 3.78. The van der Waals surface area contributed by atoms with Gasteiger partial charge in [-0.2, -0.15) is 0 Å². The first kappa shape index (κ1) is 12.9. The Morgan fingerprint density at radius 1 is 1.13 bits per heavy atom. The fourth-order valence-electron chi connectivity index (χ4n) is 2.22. The zero-order chi connectivity index (χ0) is 11.7. The number of hydrogen-bond donors (Lipinski definition) is 0. The van der Waals surface area contributed by atoms with Crippen LogP contribution in [-0.2, 0) is 0 Å². The van der Waals surface area contributed by atoms with Gasteiger partial charge in [-0.05, 0) is 36.5 Å². The molecule has 1 aliphatic rings. The summed E-state index contributed by atoms with van der Waals surface area (Å²) >= 11 is 0. The number of alkyl halides is 2. The van der Waals surface area contributed by atoms with E-state index >= 15 is 0 Å². The first-order chi connectivity index (χ1) is 6.77. The van der Waals surface area contributed by atoms with Crippen molar-refractivity contribution in [1.82, 2.24) is 0 Å². The van der Waals surface area contributed by atoms with Crippen LogP contribution in [0.15, 0.2) is 0 Å². The van der Waals surface area contributed by atoms with E-state index < -0.39 is 5.92 Å². The molecule has 1 rings (SSSR count). The van der Waals surface area contributed by atoms with Gasteiger partial charge in [0.05, 0.1) is 0 Å². The average Bonchev–Trinajstić information content (AvgIpc) is 2.82. The molecule has 0 aliphatic heterocycles. The molecule has 0 nitrogen and oxygen atoms in total. The lowest BCUT2D eigenvalue weighted by Crippen LogP contribution is -2.25. The molecule has 1 fully saturated rings. The van der Waals surface area contributed by atoms with Gasteiger partial charge in [0.2, 0.25) is 5.92 Å². The molecule has 0 spiro atoms. The van der Waals surface area contributed by atoms with Crippen molar-refractivity contribution >= 4 is 0 Å². The van der Waals surface area contributed by atoms with E-state index in [0.29, 0.717) is 18.3 Å². The van der Waals surface area contributed by atoms with Crippen molar-refractivity contribution in [3.05, 3.63) is 0 Å². The molecule has 0 radical (unpaired) electrons. The van der Waals surface area contributed by atoms with Crippen molar-refractivity contribution in [2.24, 2.45) is 17.3 Å².